The third-order valence-corrected chi connectivity index (χ3v) is 3.40. The van der Waals surface area contributed by atoms with Crippen LogP contribution in [0.15, 0.2) is 48.7 Å². The first-order valence-corrected chi connectivity index (χ1v) is 6.73. The molecule has 2 heterocycles. The molecule has 1 aromatic heterocycles. The van der Waals surface area contributed by atoms with E-state index < -0.39 is 0 Å². The zero-order valence-corrected chi connectivity index (χ0v) is 11.1. The lowest BCUT2D eigenvalue weighted by Crippen LogP contribution is -2.35. The third-order valence-electron chi connectivity index (χ3n) is 3.40. The van der Waals surface area contributed by atoms with Crippen LogP contribution in [0.25, 0.3) is 0 Å². The van der Waals surface area contributed by atoms with E-state index in [1.165, 1.54) is 5.56 Å². The zero-order chi connectivity index (χ0) is 13.8. The summed E-state index contributed by atoms with van der Waals surface area (Å²) in [5.74, 6) is 1.13. The Morgan fingerprint density at radius 1 is 1.25 bits per heavy atom. The highest BCUT2D eigenvalue weighted by Gasteiger charge is 2.20. The van der Waals surface area contributed by atoms with Crippen LogP contribution in [0.1, 0.15) is 16.1 Å². The van der Waals surface area contributed by atoms with Crippen molar-refractivity contribution < 1.29 is 9.53 Å². The van der Waals surface area contributed by atoms with Crippen molar-refractivity contribution in [2.45, 2.75) is 6.42 Å². The molecule has 4 heteroatoms. The van der Waals surface area contributed by atoms with Gasteiger partial charge in [-0.25, -0.2) is 0 Å². The first-order chi connectivity index (χ1) is 9.83. The van der Waals surface area contributed by atoms with Crippen LogP contribution < -0.4 is 10.1 Å². The van der Waals surface area contributed by atoms with Crippen molar-refractivity contribution >= 4 is 5.91 Å². The quantitative estimate of drug-likeness (QED) is 0.927. The van der Waals surface area contributed by atoms with E-state index in [0.717, 1.165) is 12.2 Å². The summed E-state index contributed by atoms with van der Waals surface area (Å²) in [6, 6.07) is 13.4. The average molecular weight is 268 g/mol. The van der Waals surface area contributed by atoms with Gasteiger partial charge in [0.25, 0.3) is 5.91 Å². The van der Waals surface area contributed by atoms with Crippen LogP contribution in [0.5, 0.6) is 5.75 Å². The molecule has 0 fully saturated rings. The lowest BCUT2D eigenvalue weighted by Gasteiger charge is -2.25. The Balaban J connectivity index is 1.57. The fraction of sp³-hybridized carbons (Fsp3) is 0.250. The van der Waals surface area contributed by atoms with Crippen molar-refractivity contribution in [2.75, 3.05) is 13.2 Å². The minimum absolute atomic E-state index is 0.135. The van der Waals surface area contributed by atoms with E-state index in [1.807, 2.05) is 24.3 Å². The Kier molecular flexibility index (Phi) is 3.63. The first-order valence-electron chi connectivity index (χ1n) is 6.73. The van der Waals surface area contributed by atoms with Gasteiger partial charge in [-0.15, -0.1) is 0 Å². The van der Waals surface area contributed by atoms with Crippen LogP contribution in [-0.2, 0) is 6.42 Å². The molecule has 1 aliphatic heterocycles. The Labute approximate surface area is 117 Å². The van der Waals surface area contributed by atoms with Crippen LogP contribution >= 0.6 is 0 Å². The molecule has 1 N–H and O–H groups in total. The molecular formula is C16H16N2O2. The van der Waals surface area contributed by atoms with Crippen LogP contribution in [-0.4, -0.2) is 24.0 Å². The van der Waals surface area contributed by atoms with Gasteiger partial charge in [0.15, 0.2) is 0 Å². The Morgan fingerprint density at radius 2 is 2.10 bits per heavy atom. The summed E-state index contributed by atoms with van der Waals surface area (Å²) < 4.78 is 5.71. The number of carbonyl (C=O) groups excluding carboxylic acids is 1. The number of pyridine rings is 1. The summed E-state index contributed by atoms with van der Waals surface area (Å²) in [6.45, 7) is 1.24. The lowest BCUT2D eigenvalue weighted by atomic mass is 9.97. The number of benzene rings is 1. The largest absolute Gasteiger partial charge is 0.493 e. The SMILES string of the molecule is O=C(NC[C@@H]1COc2ccccc2C1)c1ccccn1. The number of carbonyl (C=O) groups is 1. The van der Waals surface area contributed by atoms with Crippen LogP contribution in [0.4, 0.5) is 0 Å². The Morgan fingerprint density at radius 3 is 2.95 bits per heavy atom. The van der Waals surface area contributed by atoms with Gasteiger partial charge in [0.1, 0.15) is 11.4 Å². The molecule has 0 aliphatic carbocycles. The molecule has 102 valence electrons. The second-order valence-electron chi connectivity index (χ2n) is 4.91. The summed E-state index contributed by atoms with van der Waals surface area (Å²) in [7, 11) is 0. The van der Waals surface area contributed by atoms with E-state index in [0.29, 0.717) is 24.8 Å². The number of fused-ring (bicyclic) bond motifs is 1. The number of aromatic nitrogens is 1. The van der Waals surface area contributed by atoms with Crippen molar-refractivity contribution in [3.05, 3.63) is 59.9 Å². The topological polar surface area (TPSA) is 51.2 Å². The van der Waals surface area contributed by atoms with Gasteiger partial charge >= 0.3 is 0 Å². The number of nitrogens with zero attached hydrogens (tertiary/aromatic N) is 1. The molecule has 1 aliphatic rings. The van der Waals surface area contributed by atoms with Gasteiger partial charge in [-0.05, 0) is 30.2 Å². The summed E-state index contributed by atoms with van der Waals surface area (Å²) in [4.78, 5) is 16.0. The fourth-order valence-corrected chi connectivity index (χ4v) is 2.35. The predicted octanol–water partition coefficient (Wildman–Crippen LogP) is 2.06. The number of para-hydroxylation sites is 1. The highest BCUT2D eigenvalue weighted by atomic mass is 16.5. The van der Waals surface area contributed by atoms with Crippen molar-refractivity contribution in [2.24, 2.45) is 5.92 Å². The number of ether oxygens (including phenoxy) is 1. The van der Waals surface area contributed by atoms with Gasteiger partial charge in [-0.1, -0.05) is 24.3 Å². The monoisotopic (exact) mass is 268 g/mol. The molecule has 3 rings (SSSR count). The van der Waals surface area contributed by atoms with E-state index in [9.17, 15) is 4.79 Å². The first kappa shape index (κ1) is 12.7. The molecule has 1 amide bonds. The molecule has 0 saturated heterocycles. The van der Waals surface area contributed by atoms with Gasteiger partial charge in [0.05, 0.1) is 6.61 Å². The van der Waals surface area contributed by atoms with Gasteiger partial charge in [0, 0.05) is 18.7 Å². The molecule has 20 heavy (non-hydrogen) atoms. The molecule has 4 nitrogen and oxygen atoms in total. The molecule has 0 bridgehead atoms. The van der Waals surface area contributed by atoms with E-state index >= 15 is 0 Å². The number of amides is 1. The molecular weight excluding hydrogens is 252 g/mol. The van der Waals surface area contributed by atoms with Gasteiger partial charge in [0.2, 0.25) is 0 Å². The van der Waals surface area contributed by atoms with Crippen molar-refractivity contribution in [3.8, 4) is 5.75 Å². The van der Waals surface area contributed by atoms with Gasteiger partial charge < -0.3 is 10.1 Å². The number of nitrogens with one attached hydrogen (secondary N) is 1. The Bertz CT molecular complexity index is 598. The number of rotatable bonds is 3. The van der Waals surface area contributed by atoms with E-state index in [1.54, 1.807) is 18.3 Å². The van der Waals surface area contributed by atoms with E-state index in [-0.39, 0.29) is 5.91 Å². The predicted molar refractivity (Wildman–Crippen MR) is 75.7 cm³/mol. The van der Waals surface area contributed by atoms with E-state index in [2.05, 4.69) is 16.4 Å². The number of hydrogen-bond acceptors (Lipinski definition) is 3. The average Bonchev–Trinajstić information content (AvgIpc) is 2.53. The number of hydrogen-bond donors (Lipinski definition) is 1. The summed E-state index contributed by atoms with van der Waals surface area (Å²) >= 11 is 0. The van der Waals surface area contributed by atoms with Gasteiger partial charge in [-0.2, -0.15) is 0 Å². The molecule has 1 atom stereocenters. The molecule has 0 unspecified atom stereocenters. The van der Waals surface area contributed by atoms with Crippen LogP contribution in [0.3, 0.4) is 0 Å². The van der Waals surface area contributed by atoms with Crippen LogP contribution in [0, 0.1) is 5.92 Å². The normalized spacial score (nSPS) is 16.9. The zero-order valence-electron chi connectivity index (χ0n) is 11.1. The standard InChI is InChI=1S/C16H16N2O2/c19-16(14-6-3-4-8-17-14)18-10-12-9-13-5-1-2-7-15(13)20-11-12/h1-8,12H,9-11H2,(H,18,19)/t12-/m1/s1. The highest BCUT2D eigenvalue weighted by Crippen LogP contribution is 2.26. The molecule has 0 saturated carbocycles. The summed E-state index contributed by atoms with van der Waals surface area (Å²) in [6.07, 6.45) is 2.55. The lowest BCUT2D eigenvalue weighted by molar-refractivity contribution is 0.0934. The minimum atomic E-state index is -0.135. The second-order valence-corrected chi connectivity index (χ2v) is 4.91. The molecule has 2 aromatic rings. The van der Waals surface area contributed by atoms with Crippen molar-refractivity contribution in [1.29, 1.82) is 0 Å². The molecule has 0 radical (unpaired) electrons. The minimum Gasteiger partial charge on any atom is -0.493 e. The molecule has 1 aromatic carbocycles. The maximum Gasteiger partial charge on any atom is 0.269 e. The Hall–Kier alpha value is -2.36. The van der Waals surface area contributed by atoms with E-state index in [4.69, 9.17) is 4.74 Å². The smallest absolute Gasteiger partial charge is 0.269 e. The fourth-order valence-electron chi connectivity index (χ4n) is 2.35. The highest BCUT2D eigenvalue weighted by molar-refractivity contribution is 5.92. The second kappa shape index (κ2) is 5.74. The molecule has 0 spiro atoms. The van der Waals surface area contributed by atoms with Crippen LogP contribution in [0.2, 0.25) is 0 Å². The van der Waals surface area contributed by atoms with Gasteiger partial charge in [-0.3, -0.25) is 9.78 Å². The van der Waals surface area contributed by atoms with Crippen molar-refractivity contribution in [3.63, 3.8) is 0 Å². The maximum absolute atomic E-state index is 11.9. The maximum atomic E-state index is 11.9. The third kappa shape index (κ3) is 2.79. The summed E-state index contributed by atoms with van der Waals surface area (Å²) in [5.41, 5.74) is 1.65. The summed E-state index contributed by atoms with van der Waals surface area (Å²) in [5, 5.41) is 2.92. The van der Waals surface area contributed by atoms with Crippen molar-refractivity contribution in [1.82, 2.24) is 10.3 Å².